The minimum Gasteiger partial charge on any atom is -0.370 e. The number of hydrogen-bond acceptors (Lipinski definition) is 5. The number of carbonyl (C=O) groups excluding carboxylic acids is 4. The number of hydrogen-bond donors (Lipinski definition) is 3. The monoisotopic (exact) mass is 370 g/mol. The summed E-state index contributed by atoms with van der Waals surface area (Å²) in [4.78, 5) is 52.4. The Bertz CT molecular complexity index is 869. The van der Waals surface area contributed by atoms with Crippen LogP contribution in [0.25, 0.3) is 0 Å². The van der Waals surface area contributed by atoms with Crippen LogP contribution in [0.15, 0.2) is 24.3 Å². The van der Waals surface area contributed by atoms with E-state index in [0.29, 0.717) is 17.7 Å². The molecule has 142 valence electrons. The number of primary amides is 1. The molecule has 2 fully saturated rings. The lowest BCUT2D eigenvalue weighted by molar-refractivity contribution is -0.145. The van der Waals surface area contributed by atoms with Crippen LogP contribution in [0.5, 0.6) is 0 Å². The second kappa shape index (κ2) is 5.88. The molecule has 0 aromatic heterocycles. The highest BCUT2D eigenvalue weighted by atomic mass is 16.2. The highest BCUT2D eigenvalue weighted by Gasteiger charge is 2.70. The Morgan fingerprint density at radius 1 is 1.26 bits per heavy atom. The first-order valence-corrected chi connectivity index (χ1v) is 9.16. The highest BCUT2D eigenvalue weighted by molar-refractivity contribution is 6.15. The topological polar surface area (TPSA) is 122 Å². The summed E-state index contributed by atoms with van der Waals surface area (Å²) in [5, 5.41) is 5.97. The summed E-state index contributed by atoms with van der Waals surface area (Å²) < 4.78 is 0. The Kier molecular flexibility index (Phi) is 3.85. The van der Waals surface area contributed by atoms with Crippen LogP contribution in [-0.2, 0) is 24.7 Å². The molecule has 1 spiro atoms. The molecule has 0 saturated carbocycles. The van der Waals surface area contributed by atoms with Crippen molar-refractivity contribution in [1.29, 1.82) is 0 Å². The van der Waals surface area contributed by atoms with Crippen LogP contribution in [0.1, 0.15) is 32.3 Å². The molecule has 8 nitrogen and oxygen atoms in total. The van der Waals surface area contributed by atoms with Crippen LogP contribution in [0.4, 0.5) is 5.69 Å². The van der Waals surface area contributed by atoms with Gasteiger partial charge in [0.25, 0.3) is 0 Å². The van der Waals surface area contributed by atoms with Crippen molar-refractivity contribution < 1.29 is 19.2 Å². The lowest BCUT2D eigenvalue weighted by Gasteiger charge is -2.30. The predicted molar refractivity (Wildman–Crippen MR) is 96.1 cm³/mol. The first-order chi connectivity index (χ1) is 12.8. The van der Waals surface area contributed by atoms with Gasteiger partial charge >= 0.3 is 0 Å². The van der Waals surface area contributed by atoms with E-state index in [-0.39, 0.29) is 30.2 Å². The molecule has 0 bridgehead atoms. The maximum atomic E-state index is 13.3. The van der Waals surface area contributed by atoms with Gasteiger partial charge in [-0.15, -0.1) is 0 Å². The molecule has 4 rings (SSSR count). The number of para-hydroxylation sites is 1. The van der Waals surface area contributed by atoms with Crippen LogP contribution in [0.3, 0.4) is 0 Å². The van der Waals surface area contributed by atoms with E-state index in [1.807, 2.05) is 13.8 Å². The number of amides is 4. The smallest absolute Gasteiger partial charge is 0.250 e. The molecule has 27 heavy (non-hydrogen) atoms. The van der Waals surface area contributed by atoms with Gasteiger partial charge in [-0.1, -0.05) is 25.1 Å². The first-order valence-electron chi connectivity index (χ1n) is 9.16. The molecule has 0 unspecified atom stereocenters. The number of carbonyl (C=O) groups is 4. The predicted octanol–water partition coefficient (Wildman–Crippen LogP) is 0.0809. The van der Waals surface area contributed by atoms with Crippen molar-refractivity contribution >= 4 is 29.3 Å². The summed E-state index contributed by atoms with van der Waals surface area (Å²) in [5.74, 6) is -3.37. The summed E-state index contributed by atoms with van der Waals surface area (Å²) in [5.41, 5.74) is 5.25. The zero-order chi connectivity index (χ0) is 19.5. The van der Waals surface area contributed by atoms with Gasteiger partial charge in [-0.25, -0.2) is 0 Å². The molecule has 5 atom stereocenters. The maximum Gasteiger partial charge on any atom is 0.250 e. The van der Waals surface area contributed by atoms with E-state index in [1.54, 1.807) is 24.3 Å². The zero-order valence-electron chi connectivity index (χ0n) is 15.2. The van der Waals surface area contributed by atoms with Gasteiger partial charge < -0.3 is 11.1 Å². The average Bonchev–Trinajstić information content (AvgIpc) is 3.19. The van der Waals surface area contributed by atoms with Crippen molar-refractivity contribution in [2.45, 2.75) is 44.3 Å². The van der Waals surface area contributed by atoms with Crippen molar-refractivity contribution in [3.63, 3.8) is 0 Å². The molecule has 4 N–H and O–H groups in total. The van der Waals surface area contributed by atoms with Crippen molar-refractivity contribution in [3.05, 3.63) is 29.8 Å². The molecule has 2 saturated heterocycles. The SMILES string of the molecule is CC[C@H](C)N1C(=O)[C@H]2[C@H](CC(N)=O)N[C@@]3(C(=O)Nc4ccccc43)[C@@H]2C1=O. The van der Waals surface area contributed by atoms with Crippen molar-refractivity contribution in [2.24, 2.45) is 17.6 Å². The largest absolute Gasteiger partial charge is 0.370 e. The molecule has 4 amide bonds. The van der Waals surface area contributed by atoms with Gasteiger partial charge in [0.15, 0.2) is 0 Å². The van der Waals surface area contributed by atoms with Crippen LogP contribution < -0.4 is 16.4 Å². The van der Waals surface area contributed by atoms with E-state index in [2.05, 4.69) is 10.6 Å². The third kappa shape index (κ3) is 2.19. The van der Waals surface area contributed by atoms with E-state index in [4.69, 9.17) is 5.73 Å². The highest BCUT2D eigenvalue weighted by Crippen LogP contribution is 2.53. The van der Waals surface area contributed by atoms with E-state index in [1.165, 1.54) is 4.90 Å². The molecule has 1 aromatic carbocycles. The number of fused-ring (bicyclic) bond motifs is 4. The van der Waals surface area contributed by atoms with Crippen molar-refractivity contribution in [2.75, 3.05) is 5.32 Å². The summed E-state index contributed by atoms with van der Waals surface area (Å²) in [7, 11) is 0. The van der Waals surface area contributed by atoms with Crippen LogP contribution in [-0.4, -0.2) is 40.6 Å². The number of nitrogens with zero attached hydrogens (tertiary/aromatic N) is 1. The molecule has 3 heterocycles. The molecular formula is C19H22N4O4. The lowest BCUT2D eigenvalue weighted by atomic mass is 9.76. The Balaban J connectivity index is 1.88. The van der Waals surface area contributed by atoms with Gasteiger partial charge in [-0.3, -0.25) is 29.4 Å². The van der Waals surface area contributed by atoms with Gasteiger partial charge in [0.05, 0.1) is 11.8 Å². The fourth-order valence-corrected chi connectivity index (χ4v) is 4.79. The van der Waals surface area contributed by atoms with Gasteiger partial charge in [0.2, 0.25) is 23.6 Å². The zero-order valence-corrected chi connectivity index (χ0v) is 15.2. The molecule has 1 aromatic rings. The van der Waals surface area contributed by atoms with Crippen LogP contribution >= 0.6 is 0 Å². The summed E-state index contributed by atoms with van der Waals surface area (Å²) in [6, 6.07) is 6.16. The van der Waals surface area contributed by atoms with Crippen LogP contribution in [0, 0.1) is 11.8 Å². The molecule has 0 aliphatic carbocycles. The fraction of sp³-hybridized carbons (Fsp3) is 0.474. The minimum atomic E-state index is -1.36. The van der Waals surface area contributed by atoms with E-state index < -0.39 is 29.3 Å². The Hall–Kier alpha value is -2.74. The third-order valence-corrected chi connectivity index (χ3v) is 6.11. The van der Waals surface area contributed by atoms with Crippen molar-refractivity contribution in [3.8, 4) is 0 Å². The quantitative estimate of drug-likeness (QED) is 0.648. The molecule has 8 heteroatoms. The number of nitrogens with one attached hydrogen (secondary N) is 2. The van der Waals surface area contributed by atoms with Gasteiger partial charge in [0.1, 0.15) is 5.54 Å². The number of likely N-dealkylation sites (tertiary alicyclic amines) is 1. The molecule has 3 aliphatic heterocycles. The standard InChI is InChI=1S/C19H22N4O4/c1-3-9(2)23-16(25)14-12(8-13(20)24)22-19(15(14)17(23)26)10-6-4-5-7-11(10)21-18(19)27/h4-7,9,12,14-15,22H,3,8H2,1-2H3,(H2,20,24)(H,21,27)/t9-,12-,14-,15-,19+/m0/s1. The first kappa shape index (κ1) is 17.7. The van der Waals surface area contributed by atoms with E-state index >= 15 is 0 Å². The van der Waals surface area contributed by atoms with Crippen LogP contribution in [0.2, 0.25) is 0 Å². The summed E-state index contributed by atoms with van der Waals surface area (Å²) >= 11 is 0. The summed E-state index contributed by atoms with van der Waals surface area (Å²) in [6.45, 7) is 3.70. The fourth-order valence-electron chi connectivity index (χ4n) is 4.79. The van der Waals surface area contributed by atoms with Gasteiger partial charge in [-0.2, -0.15) is 0 Å². The number of anilines is 1. The van der Waals surface area contributed by atoms with Gasteiger partial charge in [0, 0.05) is 29.8 Å². The number of benzene rings is 1. The Labute approximate surface area is 156 Å². The summed E-state index contributed by atoms with van der Waals surface area (Å²) in [6.07, 6.45) is 0.492. The molecule has 0 radical (unpaired) electrons. The molecular weight excluding hydrogens is 348 g/mol. The average molecular weight is 370 g/mol. The maximum absolute atomic E-state index is 13.3. The third-order valence-electron chi connectivity index (χ3n) is 6.11. The number of imide groups is 1. The second-order valence-corrected chi connectivity index (χ2v) is 7.54. The normalized spacial score (nSPS) is 32.6. The second-order valence-electron chi connectivity index (χ2n) is 7.54. The van der Waals surface area contributed by atoms with Crippen molar-refractivity contribution in [1.82, 2.24) is 10.2 Å². The minimum absolute atomic E-state index is 0.119. The Morgan fingerprint density at radius 3 is 2.63 bits per heavy atom. The number of nitrogens with two attached hydrogens (primary N) is 1. The Morgan fingerprint density at radius 2 is 1.96 bits per heavy atom. The van der Waals surface area contributed by atoms with Gasteiger partial charge in [-0.05, 0) is 19.4 Å². The van der Waals surface area contributed by atoms with E-state index in [0.717, 1.165) is 0 Å². The molecule has 3 aliphatic rings. The van der Waals surface area contributed by atoms with E-state index in [9.17, 15) is 19.2 Å². The lowest BCUT2D eigenvalue weighted by Crippen LogP contribution is -2.54. The number of rotatable bonds is 4.